The van der Waals surface area contributed by atoms with E-state index in [0.29, 0.717) is 6.54 Å². The molecule has 7 heteroatoms. The van der Waals surface area contributed by atoms with Crippen LogP contribution in [0.25, 0.3) is 0 Å². The van der Waals surface area contributed by atoms with Crippen LogP contribution in [0.4, 0.5) is 0 Å². The lowest BCUT2D eigenvalue weighted by molar-refractivity contribution is 0.434. The Labute approximate surface area is 148 Å². The van der Waals surface area contributed by atoms with Crippen LogP contribution < -0.4 is 0 Å². The van der Waals surface area contributed by atoms with Crippen molar-refractivity contribution < 1.29 is 8.42 Å². The summed E-state index contributed by atoms with van der Waals surface area (Å²) in [5.41, 5.74) is 1.12. The van der Waals surface area contributed by atoms with E-state index in [0.717, 1.165) is 15.8 Å². The standard InChI is InChI=1S/C16H13BrN2O2S2/c17-14-7-5-12(6-8-14)16-19(9-10-22-16)23(20,21)15-4-2-1-3-13(15)11-18/h1-8,16H,9-10H2. The summed E-state index contributed by atoms with van der Waals surface area (Å²) in [5.74, 6) is 0.731. The molecule has 1 fully saturated rings. The minimum atomic E-state index is -3.71. The minimum Gasteiger partial charge on any atom is -0.207 e. The lowest BCUT2D eigenvalue weighted by Gasteiger charge is -2.24. The highest BCUT2D eigenvalue weighted by Crippen LogP contribution is 2.41. The van der Waals surface area contributed by atoms with Crippen LogP contribution in [-0.4, -0.2) is 25.0 Å². The van der Waals surface area contributed by atoms with Gasteiger partial charge in [-0.2, -0.15) is 9.57 Å². The molecular formula is C16H13BrN2O2S2. The topological polar surface area (TPSA) is 61.2 Å². The first kappa shape index (κ1) is 16.5. The van der Waals surface area contributed by atoms with Crippen LogP contribution in [0.2, 0.25) is 0 Å². The van der Waals surface area contributed by atoms with Gasteiger partial charge in [0.1, 0.15) is 6.07 Å². The molecule has 4 nitrogen and oxygen atoms in total. The molecule has 1 atom stereocenters. The Bertz CT molecular complexity index is 860. The van der Waals surface area contributed by atoms with Gasteiger partial charge in [0.05, 0.1) is 15.8 Å². The molecule has 0 bridgehead atoms. The first-order valence-electron chi connectivity index (χ1n) is 6.92. The molecule has 118 valence electrons. The molecule has 23 heavy (non-hydrogen) atoms. The monoisotopic (exact) mass is 408 g/mol. The second-order valence-electron chi connectivity index (χ2n) is 5.00. The molecule has 0 N–H and O–H groups in total. The second kappa shape index (κ2) is 6.65. The predicted octanol–water partition coefficient (Wildman–Crippen LogP) is 3.76. The van der Waals surface area contributed by atoms with Crippen LogP contribution in [0.15, 0.2) is 57.9 Å². The smallest absolute Gasteiger partial charge is 0.207 e. The van der Waals surface area contributed by atoms with Gasteiger partial charge in [0.15, 0.2) is 0 Å². The maximum atomic E-state index is 13.0. The van der Waals surface area contributed by atoms with Crippen LogP contribution in [0, 0.1) is 11.3 Å². The van der Waals surface area contributed by atoms with Gasteiger partial charge in [-0.15, -0.1) is 11.8 Å². The summed E-state index contributed by atoms with van der Waals surface area (Å²) in [4.78, 5) is 0.0760. The normalized spacial score (nSPS) is 18.7. The number of sulfonamides is 1. The van der Waals surface area contributed by atoms with Crippen molar-refractivity contribution in [1.82, 2.24) is 4.31 Å². The van der Waals surface area contributed by atoms with Gasteiger partial charge in [0.2, 0.25) is 10.0 Å². The molecule has 0 aromatic heterocycles. The third-order valence-corrected chi connectivity index (χ3v) is 7.44. The van der Waals surface area contributed by atoms with E-state index in [1.807, 2.05) is 30.3 Å². The Morgan fingerprint density at radius 3 is 2.57 bits per heavy atom. The average Bonchev–Trinajstić information content (AvgIpc) is 3.06. The summed E-state index contributed by atoms with van der Waals surface area (Å²) in [7, 11) is -3.71. The third kappa shape index (κ3) is 3.17. The van der Waals surface area contributed by atoms with Crippen LogP contribution in [0.5, 0.6) is 0 Å². The van der Waals surface area contributed by atoms with E-state index in [9.17, 15) is 13.7 Å². The van der Waals surface area contributed by atoms with E-state index in [1.165, 1.54) is 16.4 Å². The molecule has 0 aliphatic carbocycles. The van der Waals surface area contributed by atoms with Crippen molar-refractivity contribution in [3.8, 4) is 6.07 Å². The van der Waals surface area contributed by atoms with Gasteiger partial charge < -0.3 is 0 Å². The molecule has 0 saturated carbocycles. The third-order valence-electron chi connectivity index (χ3n) is 3.60. The van der Waals surface area contributed by atoms with Gasteiger partial charge in [-0.05, 0) is 29.8 Å². The Morgan fingerprint density at radius 1 is 1.17 bits per heavy atom. The maximum Gasteiger partial charge on any atom is 0.245 e. The van der Waals surface area contributed by atoms with Crippen molar-refractivity contribution >= 4 is 37.7 Å². The minimum absolute atomic E-state index is 0.0760. The molecule has 3 rings (SSSR count). The van der Waals surface area contributed by atoms with Crippen molar-refractivity contribution in [2.24, 2.45) is 0 Å². The van der Waals surface area contributed by atoms with Crippen molar-refractivity contribution in [3.05, 3.63) is 64.1 Å². The molecule has 0 spiro atoms. The van der Waals surface area contributed by atoms with E-state index in [-0.39, 0.29) is 15.8 Å². The number of halogens is 1. The number of hydrogen-bond acceptors (Lipinski definition) is 4. The Hall–Kier alpha value is -1.33. The SMILES string of the molecule is N#Cc1ccccc1S(=O)(=O)N1CCSC1c1ccc(Br)cc1. The van der Waals surface area contributed by atoms with E-state index in [4.69, 9.17) is 0 Å². The fraction of sp³-hybridized carbons (Fsp3) is 0.188. The molecule has 2 aromatic rings. The molecule has 2 aromatic carbocycles. The molecule has 1 heterocycles. The van der Waals surface area contributed by atoms with Crippen molar-refractivity contribution in [1.29, 1.82) is 5.26 Å². The fourth-order valence-corrected chi connectivity index (χ4v) is 6.15. The number of thioether (sulfide) groups is 1. The zero-order chi connectivity index (χ0) is 16.4. The van der Waals surface area contributed by atoms with Gasteiger partial charge in [0.25, 0.3) is 0 Å². The molecular weight excluding hydrogens is 396 g/mol. The molecule has 0 radical (unpaired) electrons. The molecule has 1 aliphatic rings. The summed E-state index contributed by atoms with van der Waals surface area (Å²) in [6.45, 7) is 0.438. The molecule has 1 aliphatic heterocycles. The Morgan fingerprint density at radius 2 is 1.87 bits per heavy atom. The fourth-order valence-electron chi connectivity index (χ4n) is 2.50. The lowest BCUT2D eigenvalue weighted by atomic mass is 10.2. The summed E-state index contributed by atoms with van der Waals surface area (Å²) in [6, 6.07) is 16.0. The van der Waals surface area contributed by atoms with E-state index < -0.39 is 10.0 Å². The lowest BCUT2D eigenvalue weighted by Crippen LogP contribution is -2.31. The van der Waals surface area contributed by atoms with Crippen molar-refractivity contribution in [2.45, 2.75) is 10.3 Å². The van der Waals surface area contributed by atoms with Gasteiger partial charge in [-0.1, -0.05) is 40.2 Å². The van der Waals surface area contributed by atoms with E-state index >= 15 is 0 Å². The van der Waals surface area contributed by atoms with E-state index in [1.54, 1.807) is 23.9 Å². The van der Waals surface area contributed by atoms with Crippen molar-refractivity contribution in [2.75, 3.05) is 12.3 Å². The van der Waals surface area contributed by atoms with Crippen LogP contribution in [0.1, 0.15) is 16.5 Å². The highest BCUT2D eigenvalue weighted by molar-refractivity contribution is 9.10. The Balaban J connectivity index is 2.02. The number of nitriles is 1. The van der Waals surface area contributed by atoms with Crippen molar-refractivity contribution in [3.63, 3.8) is 0 Å². The zero-order valence-electron chi connectivity index (χ0n) is 12.0. The van der Waals surface area contributed by atoms with Crippen LogP contribution >= 0.6 is 27.7 Å². The number of hydrogen-bond donors (Lipinski definition) is 0. The van der Waals surface area contributed by atoms with Gasteiger partial charge in [-0.3, -0.25) is 0 Å². The molecule has 0 amide bonds. The predicted molar refractivity (Wildman–Crippen MR) is 94.4 cm³/mol. The number of rotatable bonds is 3. The summed E-state index contributed by atoms with van der Waals surface area (Å²) in [5, 5.41) is 8.93. The average molecular weight is 409 g/mol. The highest BCUT2D eigenvalue weighted by Gasteiger charge is 2.37. The summed E-state index contributed by atoms with van der Waals surface area (Å²) < 4.78 is 28.5. The van der Waals surface area contributed by atoms with Gasteiger partial charge in [-0.25, -0.2) is 8.42 Å². The van der Waals surface area contributed by atoms with Crippen LogP contribution in [0.3, 0.4) is 0 Å². The van der Waals surface area contributed by atoms with Crippen LogP contribution in [-0.2, 0) is 10.0 Å². The highest BCUT2D eigenvalue weighted by atomic mass is 79.9. The number of benzene rings is 2. The first-order chi connectivity index (χ1) is 11.0. The largest absolute Gasteiger partial charge is 0.245 e. The summed E-state index contributed by atoms with van der Waals surface area (Å²) >= 11 is 4.98. The van der Waals surface area contributed by atoms with Gasteiger partial charge in [0, 0.05) is 16.8 Å². The zero-order valence-corrected chi connectivity index (χ0v) is 15.2. The molecule has 1 unspecified atom stereocenters. The quantitative estimate of drug-likeness (QED) is 0.775. The Kier molecular flexibility index (Phi) is 4.78. The first-order valence-corrected chi connectivity index (χ1v) is 10.2. The van der Waals surface area contributed by atoms with Gasteiger partial charge >= 0.3 is 0 Å². The second-order valence-corrected chi connectivity index (χ2v) is 8.96. The molecule has 1 saturated heterocycles. The van der Waals surface area contributed by atoms with E-state index in [2.05, 4.69) is 15.9 Å². The number of nitrogens with zero attached hydrogens (tertiary/aromatic N) is 2. The summed E-state index contributed by atoms with van der Waals surface area (Å²) in [6.07, 6.45) is 0. The maximum absolute atomic E-state index is 13.0.